The number of carbonyl (C=O) groups excluding carboxylic acids is 1. The molecule has 0 aliphatic rings. The summed E-state index contributed by atoms with van der Waals surface area (Å²) in [5, 5.41) is 2.39. The van der Waals surface area contributed by atoms with Crippen LogP contribution in [0.15, 0.2) is 18.2 Å². The van der Waals surface area contributed by atoms with Crippen LogP contribution in [0.4, 0.5) is 19.3 Å². The minimum atomic E-state index is -0.985. The number of hydrogen-bond donors (Lipinski definition) is 1. The van der Waals surface area contributed by atoms with E-state index in [1.165, 1.54) is 11.0 Å². The number of benzene rings is 1. The van der Waals surface area contributed by atoms with Gasteiger partial charge in [-0.1, -0.05) is 0 Å². The van der Waals surface area contributed by atoms with E-state index < -0.39 is 17.7 Å². The molecule has 76 valence electrons. The first-order valence-electron chi connectivity index (χ1n) is 3.94. The Labute approximate surface area is 80.3 Å². The Balaban J connectivity index is 2.78. The Bertz CT molecular complexity index is 353. The van der Waals surface area contributed by atoms with Gasteiger partial charge in [-0.3, -0.25) is 0 Å². The lowest BCUT2D eigenvalue weighted by Crippen LogP contribution is -2.27. The monoisotopic (exact) mass is 200 g/mol. The minimum absolute atomic E-state index is 0.225. The van der Waals surface area contributed by atoms with E-state index in [2.05, 4.69) is 5.32 Å². The summed E-state index contributed by atoms with van der Waals surface area (Å²) < 4.78 is 25.2. The van der Waals surface area contributed by atoms with E-state index in [1.54, 1.807) is 14.1 Å². The van der Waals surface area contributed by atoms with Crippen LogP contribution in [-0.2, 0) is 0 Å². The molecular formula is C9H10F2N2O. The van der Waals surface area contributed by atoms with Gasteiger partial charge in [-0.2, -0.15) is 0 Å². The largest absolute Gasteiger partial charge is 0.331 e. The first-order chi connectivity index (χ1) is 6.50. The van der Waals surface area contributed by atoms with Gasteiger partial charge < -0.3 is 10.2 Å². The van der Waals surface area contributed by atoms with Gasteiger partial charge in [0, 0.05) is 25.8 Å². The lowest BCUT2D eigenvalue weighted by molar-refractivity contribution is 0.230. The van der Waals surface area contributed by atoms with Crippen LogP contribution in [0.5, 0.6) is 0 Å². The molecule has 5 heteroatoms. The molecule has 2 amide bonds. The van der Waals surface area contributed by atoms with Crippen LogP contribution in [0, 0.1) is 11.6 Å². The summed E-state index contributed by atoms with van der Waals surface area (Å²) >= 11 is 0. The molecule has 1 rings (SSSR count). The van der Waals surface area contributed by atoms with Crippen LogP contribution in [0.3, 0.4) is 0 Å². The Kier molecular flexibility index (Phi) is 3.01. The van der Waals surface area contributed by atoms with Crippen LogP contribution < -0.4 is 5.32 Å². The molecule has 0 aliphatic carbocycles. The molecule has 0 aliphatic heterocycles. The van der Waals surface area contributed by atoms with E-state index in [9.17, 15) is 13.6 Å². The predicted octanol–water partition coefficient (Wildman–Crippen LogP) is 2.06. The third-order valence-electron chi connectivity index (χ3n) is 1.58. The van der Waals surface area contributed by atoms with E-state index >= 15 is 0 Å². The third-order valence-corrected chi connectivity index (χ3v) is 1.58. The number of nitrogens with one attached hydrogen (secondary N) is 1. The number of rotatable bonds is 1. The summed E-state index contributed by atoms with van der Waals surface area (Å²) in [7, 11) is 3.10. The Morgan fingerprint density at radius 2 is 1.93 bits per heavy atom. The summed E-state index contributed by atoms with van der Waals surface area (Å²) in [5.74, 6) is -1.92. The summed E-state index contributed by atoms with van der Waals surface area (Å²) in [4.78, 5) is 12.4. The molecule has 0 saturated heterocycles. The molecule has 0 atom stereocenters. The zero-order valence-electron chi connectivity index (χ0n) is 7.84. The van der Waals surface area contributed by atoms with Gasteiger partial charge >= 0.3 is 6.03 Å². The summed E-state index contributed by atoms with van der Waals surface area (Å²) in [6, 6.07) is 2.79. The van der Waals surface area contributed by atoms with Gasteiger partial charge in [-0.15, -0.1) is 0 Å². The number of carbonyl (C=O) groups is 1. The summed E-state index contributed by atoms with van der Waals surface area (Å²) in [6.07, 6.45) is 0. The van der Waals surface area contributed by atoms with Crippen LogP contribution in [0.1, 0.15) is 0 Å². The fourth-order valence-corrected chi connectivity index (χ4v) is 0.809. The lowest BCUT2D eigenvalue weighted by Gasteiger charge is -2.11. The van der Waals surface area contributed by atoms with Gasteiger partial charge in [-0.25, -0.2) is 13.6 Å². The van der Waals surface area contributed by atoms with E-state index in [-0.39, 0.29) is 5.69 Å². The highest BCUT2D eigenvalue weighted by Gasteiger charge is 2.06. The number of amides is 2. The Hall–Kier alpha value is -1.65. The molecular weight excluding hydrogens is 190 g/mol. The van der Waals surface area contributed by atoms with E-state index in [0.29, 0.717) is 0 Å². The zero-order valence-corrected chi connectivity index (χ0v) is 7.84. The summed E-state index contributed by atoms with van der Waals surface area (Å²) in [5.41, 5.74) is 0.225. The van der Waals surface area contributed by atoms with Crippen molar-refractivity contribution in [2.75, 3.05) is 19.4 Å². The predicted molar refractivity (Wildman–Crippen MR) is 49.1 cm³/mol. The smallest absolute Gasteiger partial charge is 0.321 e. The molecule has 1 aromatic carbocycles. The molecule has 1 aromatic rings. The highest BCUT2D eigenvalue weighted by Crippen LogP contribution is 2.13. The van der Waals surface area contributed by atoms with E-state index in [0.717, 1.165) is 12.1 Å². The number of hydrogen-bond acceptors (Lipinski definition) is 1. The molecule has 0 aromatic heterocycles. The molecule has 0 saturated carbocycles. The average Bonchev–Trinajstić information content (AvgIpc) is 2.11. The zero-order chi connectivity index (χ0) is 10.7. The van der Waals surface area contributed by atoms with Crippen molar-refractivity contribution in [3.63, 3.8) is 0 Å². The standard InChI is InChI=1S/C9H10F2N2O/c1-13(2)9(14)12-6-3-4-7(10)8(11)5-6/h3-5H,1-2H3,(H,12,14). The number of nitrogens with zero attached hydrogens (tertiary/aromatic N) is 1. The third kappa shape index (κ3) is 2.42. The van der Waals surface area contributed by atoms with Crippen molar-refractivity contribution < 1.29 is 13.6 Å². The molecule has 3 nitrogen and oxygen atoms in total. The highest BCUT2D eigenvalue weighted by molar-refractivity contribution is 5.88. The van der Waals surface area contributed by atoms with Gasteiger partial charge in [0.2, 0.25) is 0 Å². The SMILES string of the molecule is CN(C)C(=O)Nc1ccc(F)c(F)c1. The maximum Gasteiger partial charge on any atom is 0.321 e. The van der Waals surface area contributed by atoms with Crippen molar-refractivity contribution in [1.82, 2.24) is 4.90 Å². The van der Waals surface area contributed by atoms with Crippen LogP contribution >= 0.6 is 0 Å². The second kappa shape index (κ2) is 4.04. The van der Waals surface area contributed by atoms with Crippen molar-refractivity contribution in [1.29, 1.82) is 0 Å². The maximum atomic E-state index is 12.7. The van der Waals surface area contributed by atoms with E-state index in [1.807, 2.05) is 0 Å². The molecule has 0 unspecified atom stereocenters. The van der Waals surface area contributed by atoms with Gasteiger partial charge in [0.25, 0.3) is 0 Å². The molecule has 0 fully saturated rings. The molecule has 0 radical (unpaired) electrons. The number of halogens is 2. The van der Waals surface area contributed by atoms with E-state index in [4.69, 9.17) is 0 Å². The number of urea groups is 1. The topological polar surface area (TPSA) is 32.3 Å². The van der Waals surface area contributed by atoms with Gasteiger partial charge in [0.15, 0.2) is 11.6 Å². The maximum absolute atomic E-state index is 12.7. The fourth-order valence-electron chi connectivity index (χ4n) is 0.809. The fraction of sp³-hybridized carbons (Fsp3) is 0.222. The number of anilines is 1. The van der Waals surface area contributed by atoms with Crippen LogP contribution in [-0.4, -0.2) is 25.0 Å². The molecule has 14 heavy (non-hydrogen) atoms. The molecule has 0 heterocycles. The lowest BCUT2D eigenvalue weighted by atomic mass is 10.3. The van der Waals surface area contributed by atoms with Crippen molar-refractivity contribution in [2.45, 2.75) is 0 Å². The first-order valence-corrected chi connectivity index (χ1v) is 3.94. The normalized spacial score (nSPS) is 9.71. The van der Waals surface area contributed by atoms with Gasteiger partial charge in [0.1, 0.15) is 0 Å². The highest BCUT2D eigenvalue weighted by atomic mass is 19.2. The van der Waals surface area contributed by atoms with Crippen LogP contribution in [0.2, 0.25) is 0 Å². The van der Waals surface area contributed by atoms with Crippen molar-refractivity contribution >= 4 is 11.7 Å². The van der Waals surface area contributed by atoms with Gasteiger partial charge in [-0.05, 0) is 12.1 Å². The minimum Gasteiger partial charge on any atom is -0.331 e. The first kappa shape index (κ1) is 10.4. The second-order valence-electron chi connectivity index (χ2n) is 2.95. The quantitative estimate of drug-likeness (QED) is 0.739. The second-order valence-corrected chi connectivity index (χ2v) is 2.95. The van der Waals surface area contributed by atoms with Crippen molar-refractivity contribution in [3.8, 4) is 0 Å². The average molecular weight is 200 g/mol. The Morgan fingerprint density at radius 3 is 2.43 bits per heavy atom. The van der Waals surface area contributed by atoms with Gasteiger partial charge in [0.05, 0.1) is 0 Å². The molecule has 1 N–H and O–H groups in total. The van der Waals surface area contributed by atoms with Crippen LogP contribution in [0.25, 0.3) is 0 Å². The summed E-state index contributed by atoms with van der Waals surface area (Å²) in [6.45, 7) is 0. The molecule has 0 spiro atoms. The molecule has 0 bridgehead atoms. The van der Waals surface area contributed by atoms with Crippen molar-refractivity contribution in [3.05, 3.63) is 29.8 Å². The van der Waals surface area contributed by atoms with Crippen molar-refractivity contribution in [2.24, 2.45) is 0 Å². The Morgan fingerprint density at radius 1 is 1.29 bits per heavy atom.